The minimum Gasteiger partial charge on any atom is -0.481 e. The predicted octanol–water partition coefficient (Wildman–Crippen LogP) is 2.57. The van der Waals surface area contributed by atoms with Crippen molar-refractivity contribution < 1.29 is 19.1 Å². The van der Waals surface area contributed by atoms with Gasteiger partial charge in [-0.3, -0.25) is 9.59 Å². The first kappa shape index (κ1) is 13.1. The molecule has 1 heterocycles. The second kappa shape index (κ2) is 4.74. The molecule has 1 fully saturated rings. The molecule has 1 atom stereocenters. The predicted molar refractivity (Wildman–Crippen MR) is 64.5 cm³/mol. The summed E-state index contributed by atoms with van der Waals surface area (Å²) in [4.78, 5) is 23.9. The Morgan fingerprint density at radius 3 is 2.39 bits per heavy atom. The van der Waals surface area contributed by atoms with Gasteiger partial charge in [-0.2, -0.15) is 0 Å². The molecule has 0 bridgehead atoms. The van der Waals surface area contributed by atoms with Gasteiger partial charge in [-0.15, -0.1) is 0 Å². The van der Waals surface area contributed by atoms with Crippen molar-refractivity contribution in [2.45, 2.75) is 6.42 Å². The van der Waals surface area contributed by atoms with Crippen LogP contribution in [-0.2, 0) is 9.59 Å². The van der Waals surface area contributed by atoms with Crippen LogP contribution in [0.4, 0.5) is 10.1 Å². The highest BCUT2D eigenvalue weighted by Gasteiger charge is 2.39. The zero-order chi connectivity index (χ0) is 13.4. The van der Waals surface area contributed by atoms with Crippen molar-refractivity contribution in [3.63, 3.8) is 0 Å². The summed E-state index contributed by atoms with van der Waals surface area (Å²) in [6, 6.07) is 2.06. The molecule has 1 aromatic rings. The second-order valence-electron chi connectivity index (χ2n) is 3.89. The molecule has 0 radical (unpaired) electrons. The molecule has 18 heavy (non-hydrogen) atoms. The molecule has 0 spiro atoms. The number of carboxylic acids is 1. The van der Waals surface area contributed by atoms with Crippen LogP contribution in [0.1, 0.15) is 6.42 Å². The Hall–Kier alpha value is -1.33. The Morgan fingerprint density at radius 1 is 1.39 bits per heavy atom. The van der Waals surface area contributed by atoms with E-state index in [1.54, 1.807) is 0 Å². The molecule has 1 aliphatic rings. The molecule has 0 saturated carbocycles. The van der Waals surface area contributed by atoms with Gasteiger partial charge in [0.1, 0.15) is 11.7 Å². The van der Waals surface area contributed by atoms with Gasteiger partial charge in [0.2, 0.25) is 5.91 Å². The number of carboxylic acid groups (broad SMARTS) is 1. The topological polar surface area (TPSA) is 57.6 Å². The molecule has 1 amide bonds. The van der Waals surface area contributed by atoms with E-state index in [1.807, 2.05) is 0 Å². The van der Waals surface area contributed by atoms with Crippen molar-refractivity contribution in [3.8, 4) is 0 Å². The number of nitrogens with zero attached hydrogens (tertiary/aromatic N) is 1. The summed E-state index contributed by atoms with van der Waals surface area (Å²) in [6.45, 7) is 0.195. The van der Waals surface area contributed by atoms with Crippen LogP contribution in [0.15, 0.2) is 12.1 Å². The normalized spacial score (nSPS) is 19.4. The van der Waals surface area contributed by atoms with Gasteiger partial charge >= 0.3 is 5.97 Å². The van der Waals surface area contributed by atoms with Crippen LogP contribution in [0.5, 0.6) is 0 Å². The molecule has 1 N–H and O–H groups in total. The number of benzene rings is 1. The summed E-state index contributed by atoms with van der Waals surface area (Å²) < 4.78 is 13.0. The molecule has 96 valence electrons. The number of halogens is 3. The zero-order valence-corrected chi connectivity index (χ0v) is 10.5. The van der Waals surface area contributed by atoms with Gasteiger partial charge in [-0.05, 0) is 18.6 Å². The maximum atomic E-state index is 13.0. The van der Waals surface area contributed by atoms with Crippen LogP contribution in [0.2, 0.25) is 10.0 Å². The van der Waals surface area contributed by atoms with Crippen molar-refractivity contribution >= 4 is 40.8 Å². The number of aliphatic carboxylic acids is 1. The average molecular weight is 292 g/mol. The molecule has 7 heteroatoms. The zero-order valence-electron chi connectivity index (χ0n) is 8.99. The minimum atomic E-state index is -1.18. The van der Waals surface area contributed by atoms with Gasteiger partial charge in [0.15, 0.2) is 0 Å². The third kappa shape index (κ3) is 2.15. The van der Waals surface area contributed by atoms with Crippen molar-refractivity contribution in [2.75, 3.05) is 11.4 Å². The summed E-state index contributed by atoms with van der Waals surface area (Å²) in [5.74, 6) is -3.48. The first-order valence-electron chi connectivity index (χ1n) is 5.10. The Kier molecular flexibility index (Phi) is 3.45. The monoisotopic (exact) mass is 291 g/mol. The Labute approximate surface area is 112 Å². The first-order chi connectivity index (χ1) is 8.41. The van der Waals surface area contributed by atoms with Gasteiger partial charge in [-0.1, -0.05) is 23.2 Å². The lowest BCUT2D eigenvalue weighted by Gasteiger charge is -2.19. The Morgan fingerprint density at radius 2 is 1.94 bits per heavy atom. The molecule has 2 rings (SSSR count). The maximum absolute atomic E-state index is 13.0. The van der Waals surface area contributed by atoms with Crippen LogP contribution in [-0.4, -0.2) is 23.5 Å². The van der Waals surface area contributed by atoms with Crippen molar-refractivity contribution in [2.24, 2.45) is 5.92 Å². The molecule has 1 unspecified atom stereocenters. The molecule has 1 aromatic carbocycles. The molecule has 1 saturated heterocycles. The van der Waals surface area contributed by atoms with Crippen molar-refractivity contribution in [1.29, 1.82) is 0 Å². The van der Waals surface area contributed by atoms with E-state index < -0.39 is 23.6 Å². The highest BCUT2D eigenvalue weighted by atomic mass is 35.5. The van der Waals surface area contributed by atoms with E-state index in [9.17, 15) is 14.0 Å². The largest absolute Gasteiger partial charge is 0.481 e. The van der Waals surface area contributed by atoms with Crippen LogP contribution in [0.3, 0.4) is 0 Å². The number of carbonyl (C=O) groups is 2. The van der Waals surface area contributed by atoms with Crippen LogP contribution >= 0.6 is 23.2 Å². The van der Waals surface area contributed by atoms with Gasteiger partial charge in [0, 0.05) is 6.54 Å². The van der Waals surface area contributed by atoms with E-state index in [0.717, 1.165) is 12.1 Å². The molecule has 0 aliphatic carbocycles. The fourth-order valence-electron chi connectivity index (χ4n) is 1.92. The van der Waals surface area contributed by atoms with Gasteiger partial charge in [0.25, 0.3) is 0 Å². The number of anilines is 1. The fourth-order valence-corrected chi connectivity index (χ4v) is 2.59. The number of hydrogen-bond acceptors (Lipinski definition) is 2. The average Bonchev–Trinajstić information content (AvgIpc) is 2.59. The molecular weight excluding hydrogens is 284 g/mol. The number of carbonyl (C=O) groups excluding carboxylic acids is 1. The van der Waals surface area contributed by atoms with E-state index in [-0.39, 0.29) is 28.7 Å². The summed E-state index contributed by atoms with van der Waals surface area (Å²) >= 11 is 11.7. The van der Waals surface area contributed by atoms with Crippen molar-refractivity contribution in [3.05, 3.63) is 28.0 Å². The fraction of sp³-hybridized carbons (Fsp3) is 0.273. The summed E-state index contributed by atoms with van der Waals surface area (Å²) in [5, 5.41) is 8.83. The summed E-state index contributed by atoms with van der Waals surface area (Å²) in [5.41, 5.74) is 0.161. The lowest BCUT2D eigenvalue weighted by molar-refractivity contribution is -0.144. The SMILES string of the molecule is O=C(O)C1CCN(c2c(Cl)cc(F)cc2Cl)C1=O. The summed E-state index contributed by atoms with van der Waals surface area (Å²) in [7, 11) is 0. The lowest BCUT2D eigenvalue weighted by atomic mass is 10.1. The first-order valence-corrected chi connectivity index (χ1v) is 5.86. The standard InChI is InChI=1S/C11H8Cl2FNO3/c12-7-3-5(14)4-8(13)9(7)15-2-1-6(10(15)16)11(17)18/h3-4,6H,1-2H2,(H,17,18). The number of amides is 1. The Balaban J connectivity index is 2.40. The van der Waals surface area contributed by atoms with Gasteiger partial charge in [0.05, 0.1) is 15.7 Å². The van der Waals surface area contributed by atoms with E-state index >= 15 is 0 Å². The number of hydrogen-bond donors (Lipinski definition) is 1. The molecular formula is C11H8Cl2FNO3. The second-order valence-corrected chi connectivity index (χ2v) is 4.70. The Bertz CT molecular complexity index is 512. The summed E-state index contributed by atoms with van der Waals surface area (Å²) in [6.07, 6.45) is 0.179. The van der Waals surface area contributed by atoms with Crippen LogP contribution in [0, 0.1) is 11.7 Å². The van der Waals surface area contributed by atoms with E-state index in [0.29, 0.717) is 0 Å². The third-order valence-electron chi connectivity index (χ3n) is 2.76. The maximum Gasteiger partial charge on any atom is 0.316 e. The highest BCUT2D eigenvalue weighted by Crippen LogP contribution is 2.37. The third-order valence-corrected chi connectivity index (χ3v) is 3.33. The quantitative estimate of drug-likeness (QED) is 0.852. The van der Waals surface area contributed by atoms with E-state index in [1.165, 1.54) is 4.90 Å². The number of rotatable bonds is 2. The highest BCUT2D eigenvalue weighted by molar-refractivity contribution is 6.40. The lowest BCUT2D eigenvalue weighted by Crippen LogP contribution is -2.30. The minimum absolute atomic E-state index is 0.0145. The molecule has 0 aromatic heterocycles. The van der Waals surface area contributed by atoms with E-state index in [4.69, 9.17) is 28.3 Å². The van der Waals surface area contributed by atoms with Gasteiger partial charge < -0.3 is 10.0 Å². The van der Waals surface area contributed by atoms with Crippen molar-refractivity contribution in [1.82, 2.24) is 0 Å². The van der Waals surface area contributed by atoms with Crippen LogP contribution < -0.4 is 4.90 Å². The van der Waals surface area contributed by atoms with E-state index in [2.05, 4.69) is 0 Å². The van der Waals surface area contributed by atoms with Crippen LogP contribution in [0.25, 0.3) is 0 Å². The molecule has 1 aliphatic heterocycles. The van der Waals surface area contributed by atoms with Gasteiger partial charge in [-0.25, -0.2) is 4.39 Å². The molecule has 4 nitrogen and oxygen atoms in total. The smallest absolute Gasteiger partial charge is 0.316 e.